The Morgan fingerprint density at radius 2 is 1.80 bits per heavy atom. The van der Waals surface area contributed by atoms with Gasteiger partial charge >= 0.3 is 0 Å². The molecule has 1 aromatic heterocycles. The third-order valence-corrected chi connectivity index (χ3v) is 6.16. The largest absolute Gasteiger partial charge is 0.507 e. The highest BCUT2D eigenvalue weighted by atomic mass is 79.9. The molecular weight excluding hydrogens is 444 g/mol. The van der Waals surface area contributed by atoms with Gasteiger partial charge in [-0.15, -0.1) is 0 Å². The van der Waals surface area contributed by atoms with Gasteiger partial charge in [0.1, 0.15) is 5.76 Å². The Morgan fingerprint density at radius 1 is 1.10 bits per heavy atom. The first-order valence-electron chi connectivity index (χ1n) is 10.0. The van der Waals surface area contributed by atoms with Crippen LogP contribution in [-0.4, -0.2) is 32.8 Å². The van der Waals surface area contributed by atoms with Crippen LogP contribution in [0.5, 0.6) is 0 Å². The molecule has 5 nitrogen and oxygen atoms in total. The van der Waals surface area contributed by atoms with Gasteiger partial charge < -0.3 is 14.6 Å². The molecule has 0 aliphatic carbocycles. The third-order valence-electron chi connectivity index (χ3n) is 5.63. The van der Waals surface area contributed by atoms with E-state index in [2.05, 4.69) is 15.9 Å². The van der Waals surface area contributed by atoms with Gasteiger partial charge in [0.15, 0.2) is 0 Å². The predicted octanol–water partition coefficient (Wildman–Crippen LogP) is 5.16. The standard InChI is InChI=1S/C24H23BrN2O3/c1-3-4-13-27-21(18-14-26(2)19-8-6-5-7-17(18)19)20(23(29)24(27)30)22(28)15-9-11-16(25)12-10-15/h5-12,14,21,28H,3-4,13H2,1-2H3/b22-20+. The molecule has 1 amide bonds. The number of amides is 1. The van der Waals surface area contributed by atoms with Crippen molar-refractivity contribution in [2.75, 3.05) is 6.54 Å². The van der Waals surface area contributed by atoms with Crippen molar-refractivity contribution in [1.82, 2.24) is 9.47 Å². The summed E-state index contributed by atoms with van der Waals surface area (Å²) in [6.45, 7) is 2.51. The second-order valence-corrected chi connectivity index (χ2v) is 8.48. The van der Waals surface area contributed by atoms with Crippen LogP contribution < -0.4 is 0 Å². The van der Waals surface area contributed by atoms with E-state index in [1.165, 1.54) is 0 Å². The molecule has 1 aliphatic rings. The second-order valence-electron chi connectivity index (χ2n) is 7.57. The smallest absolute Gasteiger partial charge is 0.295 e. The van der Waals surface area contributed by atoms with Crippen molar-refractivity contribution < 1.29 is 14.7 Å². The molecule has 0 saturated carbocycles. The monoisotopic (exact) mass is 466 g/mol. The number of hydrogen-bond donors (Lipinski definition) is 1. The molecule has 6 heteroatoms. The lowest BCUT2D eigenvalue weighted by Crippen LogP contribution is -2.30. The Labute approximate surface area is 183 Å². The van der Waals surface area contributed by atoms with Crippen molar-refractivity contribution in [3.8, 4) is 0 Å². The van der Waals surface area contributed by atoms with Crippen LogP contribution in [0.1, 0.15) is 36.9 Å². The maximum atomic E-state index is 13.1. The number of fused-ring (bicyclic) bond motifs is 1. The molecule has 4 rings (SSSR count). The molecule has 3 aromatic rings. The number of carbonyl (C=O) groups excluding carboxylic acids is 2. The van der Waals surface area contributed by atoms with E-state index in [1.54, 1.807) is 29.2 Å². The van der Waals surface area contributed by atoms with E-state index < -0.39 is 17.7 Å². The number of halogens is 1. The van der Waals surface area contributed by atoms with Crippen LogP contribution in [0.25, 0.3) is 16.7 Å². The van der Waals surface area contributed by atoms with Gasteiger partial charge in [-0.2, -0.15) is 0 Å². The lowest BCUT2D eigenvalue weighted by atomic mass is 9.95. The van der Waals surface area contributed by atoms with Gasteiger partial charge in [0, 0.05) is 46.3 Å². The van der Waals surface area contributed by atoms with Crippen LogP contribution in [-0.2, 0) is 16.6 Å². The van der Waals surface area contributed by atoms with E-state index in [0.717, 1.165) is 33.8 Å². The van der Waals surface area contributed by atoms with Crippen LogP contribution in [0.2, 0.25) is 0 Å². The Bertz CT molecular complexity index is 1160. The van der Waals surface area contributed by atoms with Gasteiger partial charge in [-0.25, -0.2) is 0 Å². The summed E-state index contributed by atoms with van der Waals surface area (Å²) >= 11 is 3.39. The summed E-state index contributed by atoms with van der Waals surface area (Å²) in [7, 11) is 1.94. The number of aliphatic hydroxyl groups is 1. The molecule has 2 aromatic carbocycles. The minimum atomic E-state index is -0.635. The molecule has 2 heterocycles. The molecule has 0 bridgehead atoms. The number of Topliss-reactive ketones (excluding diaryl/α,β-unsaturated/α-hetero) is 1. The summed E-state index contributed by atoms with van der Waals surface area (Å²) in [5.74, 6) is -1.33. The van der Waals surface area contributed by atoms with E-state index in [0.29, 0.717) is 12.1 Å². The quantitative estimate of drug-likeness (QED) is 0.320. The van der Waals surface area contributed by atoms with E-state index in [-0.39, 0.29) is 11.3 Å². The molecule has 0 radical (unpaired) electrons. The number of aliphatic hydroxyl groups excluding tert-OH is 1. The summed E-state index contributed by atoms with van der Waals surface area (Å²) in [6.07, 6.45) is 3.64. The number of para-hydroxylation sites is 1. The van der Waals surface area contributed by atoms with Crippen LogP contribution in [0.15, 0.2) is 64.8 Å². The van der Waals surface area contributed by atoms with Crippen molar-refractivity contribution in [3.63, 3.8) is 0 Å². The third kappa shape index (κ3) is 3.35. The minimum absolute atomic E-state index is 0.141. The van der Waals surface area contributed by atoms with Crippen LogP contribution in [0.4, 0.5) is 0 Å². The van der Waals surface area contributed by atoms with Crippen LogP contribution in [0.3, 0.4) is 0 Å². The molecule has 1 atom stereocenters. The Kier molecular flexibility index (Phi) is 5.52. The van der Waals surface area contributed by atoms with E-state index in [9.17, 15) is 14.7 Å². The van der Waals surface area contributed by atoms with Crippen LogP contribution >= 0.6 is 15.9 Å². The fourth-order valence-corrected chi connectivity index (χ4v) is 4.38. The molecule has 1 N–H and O–H groups in total. The summed E-state index contributed by atoms with van der Waals surface area (Å²) in [6, 6.07) is 14.4. The Balaban J connectivity index is 1.95. The number of benzene rings is 2. The van der Waals surface area contributed by atoms with Gasteiger partial charge in [0.25, 0.3) is 11.7 Å². The van der Waals surface area contributed by atoms with Gasteiger partial charge in [0.05, 0.1) is 11.6 Å². The first-order valence-corrected chi connectivity index (χ1v) is 10.8. The van der Waals surface area contributed by atoms with Crippen LogP contribution in [0, 0.1) is 0 Å². The van der Waals surface area contributed by atoms with E-state index in [1.807, 2.05) is 49.0 Å². The zero-order chi connectivity index (χ0) is 21.4. The number of nitrogens with zero attached hydrogens (tertiary/aromatic N) is 2. The van der Waals surface area contributed by atoms with Crippen molar-refractivity contribution in [3.05, 3.63) is 75.9 Å². The average Bonchev–Trinajstić information content (AvgIpc) is 3.21. The number of aromatic nitrogens is 1. The van der Waals surface area contributed by atoms with Crippen molar-refractivity contribution in [2.24, 2.45) is 7.05 Å². The molecule has 1 fully saturated rings. The normalized spacial score (nSPS) is 18.5. The predicted molar refractivity (Wildman–Crippen MR) is 121 cm³/mol. The zero-order valence-electron chi connectivity index (χ0n) is 16.9. The van der Waals surface area contributed by atoms with Gasteiger partial charge in [-0.1, -0.05) is 59.6 Å². The number of ketones is 1. The lowest BCUT2D eigenvalue weighted by molar-refractivity contribution is -0.139. The highest BCUT2D eigenvalue weighted by Crippen LogP contribution is 2.42. The summed E-state index contributed by atoms with van der Waals surface area (Å²) in [5, 5.41) is 12.1. The lowest BCUT2D eigenvalue weighted by Gasteiger charge is -2.24. The fourth-order valence-electron chi connectivity index (χ4n) is 4.12. The highest BCUT2D eigenvalue weighted by Gasteiger charge is 2.46. The molecule has 30 heavy (non-hydrogen) atoms. The number of likely N-dealkylation sites (tertiary alicyclic amines) is 1. The van der Waals surface area contributed by atoms with E-state index in [4.69, 9.17) is 0 Å². The molecule has 154 valence electrons. The molecule has 1 aliphatic heterocycles. The summed E-state index contributed by atoms with van der Waals surface area (Å²) in [5.41, 5.74) is 2.52. The van der Waals surface area contributed by atoms with Crippen molar-refractivity contribution >= 4 is 44.3 Å². The number of rotatable bonds is 5. The summed E-state index contributed by atoms with van der Waals surface area (Å²) < 4.78 is 2.86. The maximum absolute atomic E-state index is 13.1. The molecule has 1 unspecified atom stereocenters. The topological polar surface area (TPSA) is 62.5 Å². The van der Waals surface area contributed by atoms with Crippen molar-refractivity contribution in [1.29, 1.82) is 0 Å². The molecular formula is C24H23BrN2O3. The fraction of sp³-hybridized carbons (Fsp3) is 0.250. The minimum Gasteiger partial charge on any atom is -0.507 e. The number of carbonyl (C=O) groups is 2. The average molecular weight is 467 g/mol. The number of unbranched alkanes of at least 4 members (excludes halogenated alkanes) is 1. The number of aryl methyl sites for hydroxylation is 1. The highest BCUT2D eigenvalue weighted by molar-refractivity contribution is 9.10. The molecule has 1 saturated heterocycles. The SMILES string of the molecule is CCCCN1C(=O)C(=O)/C(=C(/O)c2ccc(Br)cc2)C1c1cn(C)c2ccccc12. The van der Waals surface area contributed by atoms with Gasteiger partial charge in [-0.05, 0) is 24.6 Å². The van der Waals surface area contributed by atoms with E-state index >= 15 is 0 Å². The Hall–Kier alpha value is -2.86. The number of hydrogen-bond acceptors (Lipinski definition) is 3. The first kappa shape index (κ1) is 20.4. The zero-order valence-corrected chi connectivity index (χ0v) is 18.5. The summed E-state index contributed by atoms with van der Waals surface area (Å²) in [4.78, 5) is 27.6. The van der Waals surface area contributed by atoms with Gasteiger partial charge in [0.2, 0.25) is 0 Å². The molecule has 0 spiro atoms. The van der Waals surface area contributed by atoms with Crippen molar-refractivity contribution in [2.45, 2.75) is 25.8 Å². The maximum Gasteiger partial charge on any atom is 0.295 e. The Morgan fingerprint density at radius 3 is 2.50 bits per heavy atom. The second kappa shape index (κ2) is 8.11. The van der Waals surface area contributed by atoms with Gasteiger partial charge in [-0.3, -0.25) is 9.59 Å². The first-order chi connectivity index (χ1) is 14.4.